The topological polar surface area (TPSA) is 43.8 Å². The summed E-state index contributed by atoms with van der Waals surface area (Å²) in [5, 5.41) is 0.753. The summed E-state index contributed by atoms with van der Waals surface area (Å²) in [6.45, 7) is 1.97. The molecule has 0 spiro atoms. The smallest absolute Gasteiger partial charge is 0.0991 e. The largest absolute Gasteiger partial charge is 0.328 e. The molecule has 1 aromatic carbocycles. The Bertz CT molecular complexity index is 463. The summed E-state index contributed by atoms with van der Waals surface area (Å²) in [6.07, 6.45) is 6.16. The van der Waals surface area contributed by atoms with Crippen molar-refractivity contribution in [3.05, 3.63) is 47.5 Å². The van der Waals surface area contributed by atoms with E-state index in [0.29, 0.717) is 0 Å². The summed E-state index contributed by atoms with van der Waals surface area (Å²) in [6, 6.07) is 5.93. The van der Waals surface area contributed by atoms with Crippen molar-refractivity contribution in [1.82, 2.24) is 9.55 Å². The van der Waals surface area contributed by atoms with Crippen molar-refractivity contribution in [1.29, 1.82) is 0 Å². The van der Waals surface area contributed by atoms with Gasteiger partial charge in [-0.3, -0.25) is 0 Å². The van der Waals surface area contributed by atoms with Crippen LogP contribution in [0.25, 0.3) is 5.69 Å². The summed E-state index contributed by atoms with van der Waals surface area (Å²) in [7, 11) is 0. The summed E-state index contributed by atoms with van der Waals surface area (Å²) in [4.78, 5) is 4.04. The van der Waals surface area contributed by atoms with Gasteiger partial charge in [-0.2, -0.15) is 0 Å². The average molecular weight is 236 g/mol. The predicted molar refractivity (Wildman–Crippen MR) is 65.9 cm³/mol. The second kappa shape index (κ2) is 4.68. The third kappa shape index (κ3) is 2.26. The predicted octanol–water partition coefficient (Wildman–Crippen LogP) is 2.42. The number of nitrogens with two attached hydrogens (primary N) is 1. The Morgan fingerprint density at radius 2 is 2.31 bits per heavy atom. The molecule has 2 aromatic rings. The van der Waals surface area contributed by atoms with Gasteiger partial charge in [0.25, 0.3) is 0 Å². The van der Waals surface area contributed by atoms with Crippen LogP contribution in [0.5, 0.6) is 0 Å². The van der Waals surface area contributed by atoms with Gasteiger partial charge < -0.3 is 10.3 Å². The molecule has 0 aliphatic rings. The second-order valence-electron chi connectivity index (χ2n) is 3.89. The quantitative estimate of drug-likeness (QED) is 0.888. The van der Waals surface area contributed by atoms with E-state index in [2.05, 4.69) is 4.98 Å². The number of aromatic nitrogens is 2. The van der Waals surface area contributed by atoms with Gasteiger partial charge in [-0.15, -0.1) is 0 Å². The maximum absolute atomic E-state index is 6.20. The van der Waals surface area contributed by atoms with Gasteiger partial charge in [0.2, 0.25) is 0 Å². The minimum atomic E-state index is 0.0853. The number of halogens is 1. The Labute approximate surface area is 99.9 Å². The van der Waals surface area contributed by atoms with Gasteiger partial charge in [0, 0.05) is 23.5 Å². The molecule has 0 aliphatic heterocycles. The molecule has 4 heteroatoms. The van der Waals surface area contributed by atoms with E-state index in [9.17, 15) is 0 Å². The first-order valence-corrected chi connectivity index (χ1v) is 5.57. The average Bonchev–Trinajstić information content (AvgIpc) is 2.73. The van der Waals surface area contributed by atoms with Gasteiger partial charge in [-0.1, -0.05) is 17.7 Å². The number of benzene rings is 1. The molecule has 1 atom stereocenters. The third-order valence-corrected chi connectivity index (χ3v) is 2.76. The fraction of sp³-hybridized carbons (Fsp3) is 0.250. The zero-order valence-corrected chi connectivity index (χ0v) is 9.85. The Morgan fingerprint density at radius 3 is 2.94 bits per heavy atom. The van der Waals surface area contributed by atoms with Crippen molar-refractivity contribution in [3.63, 3.8) is 0 Å². The highest BCUT2D eigenvalue weighted by Crippen LogP contribution is 2.24. The summed E-state index contributed by atoms with van der Waals surface area (Å²) in [5.41, 5.74) is 7.94. The molecule has 0 saturated heterocycles. The zero-order valence-electron chi connectivity index (χ0n) is 9.10. The molecule has 3 nitrogen and oxygen atoms in total. The fourth-order valence-electron chi connectivity index (χ4n) is 1.71. The van der Waals surface area contributed by atoms with Gasteiger partial charge in [-0.25, -0.2) is 4.98 Å². The molecular formula is C12H14ClN3. The maximum atomic E-state index is 6.20. The van der Waals surface area contributed by atoms with E-state index in [0.717, 1.165) is 22.7 Å². The molecule has 2 N–H and O–H groups in total. The zero-order chi connectivity index (χ0) is 11.5. The molecule has 16 heavy (non-hydrogen) atoms. The minimum Gasteiger partial charge on any atom is -0.328 e. The van der Waals surface area contributed by atoms with Gasteiger partial charge in [0.05, 0.1) is 12.0 Å². The Balaban J connectivity index is 2.48. The maximum Gasteiger partial charge on any atom is 0.0991 e. The Hall–Kier alpha value is -1.32. The lowest BCUT2D eigenvalue weighted by Gasteiger charge is -2.13. The monoisotopic (exact) mass is 235 g/mol. The van der Waals surface area contributed by atoms with Crippen LogP contribution in [-0.2, 0) is 6.42 Å². The number of imidazole rings is 1. The normalized spacial score (nSPS) is 12.7. The van der Waals surface area contributed by atoms with Crippen LogP contribution in [0, 0.1) is 0 Å². The van der Waals surface area contributed by atoms with E-state index in [-0.39, 0.29) is 6.04 Å². The lowest BCUT2D eigenvalue weighted by Crippen LogP contribution is -2.19. The van der Waals surface area contributed by atoms with E-state index in [4.69, 9.17) is 17.3 Å². The Kier molecular flexibility index (Phi) is 3.27. The SMILES string of the molecule is CC(N)Cc1c(Cl)cccc1-n1ccnc1. The van der Waals surface area contributed by atoms with E-state index in [1.165, 1.54) is 0 Å². The van der Waals surface area contributed by atoms with E-state index in [1.807, 2.05) is 35.9 Å². The van der Waals surface area contributed by atoms with Crippen LogP contribution >= 0.6 is 11.6 Å². The minimum absolute atomic E-state index is 0.0853. The first kappa shape index (κ1) is 11.2. The molecule has 0 aliphatic carbocycles. The molecule has 84 valence electrons. The van der Waals surface area contributed by atoms with Gasteiger partial charge in [0.1, 0.15) is 0 Å². The highest BCUT2D eigenvalue weighted by Gasteiger charge is 2.10. The van der Waals surface area contributed by atoms with Crippen molar-refractivity contribution in [2.24, 2.45) is 5.73 Å². The molecule has 0 bridgehead atoms. The van der Waals surface area contributed by atoms with Crippen LogP contribution in [-0.4, -0.2) is 15.6 Å². The summed E-state index contributed by atoms with van der Waals surface area (Å²) < 4.78 is 1.95. The third-order valence-electron chi connectivity index (χ3n) is 2.40. The molecular weight excluding hydrogens is 222 g/mol. The molecule has 0 fully saturated rings. The van der Waals surface area contributed by atoms with Gasteiger partial charge in [0.15, 0.2) is 0 Å². The number of rotatable bonds is 3. The van der Waals surface area contributed by atoms with Crippen LogP contribution in [0.2, 0.25) is 5.02 Å². The lowest BCUT2D eigenvalue weighted by atomic mass is 10.1. The Morgan fingerprint density at radius 1 is 1.50 bits per heavy atom. The van der Waals surface area contributed by atoms with Crippen molar-refractivity contribution in [2.45, 2.75) is 19.4 Å². The molecule has 0 radical (unpaired) electrons. The molecule has 1 heterocycles. The lowest BCUT2D eigenvalue weighted by molar-refractivity contribution is 0.733. The van der Waals surface area contributed by atoms with Gasteiger partial charge >= 0.3 is 0 Å². The summed E-state index contributed by atoms with van der Waals surface area (Å²) >= 11 is 6.20. The van der Waals surface area contributed by atoms with Crippen LogP contribution in [0.4, 0.5) is 0 Å². The highest BCUT2D eigenvalue weighted by atomic mass is 35.5. The highest BCUT2D eigenvalue weighted by molar-refractivity contribution is 6.31. The number of nitrogens with zero attached hydrogens (tertiary/aromatic N) is 2. The number of hydrogen-bond donors (Lipinski definition) is 1. The van der Waals surface area contributed by atoms with Crippen molar-refractivity contribution >= 4 is 11.6 Å². The molecule has 0 saturated carbocycles. The standard InChI is InChI=1S/C12H14ClN3/c1-9(14)7-10-11(13)3-2-4-12(10)16-6-5-15-8-16/h2-6,8-9H,7,14H2,1H3. The van der Waals surface area contributed by atoms with Crippen LogP contribution in [0.3, 0.4) is 0 Å². The molecule has 2 rings (SSSR count). The first-order valence-electron chi connectivity index (χ1n) is 5.20. The van der Waals surface area contributed by atoms with Gasteiger partial charge in [-0.05, 0) is 31.0 Å². The fourth-order valence-corrected chi connectivity index (χ4v) is 1.96. The van der Waals surface area contributed by atoms with Crippen molar-refractivity contribution < 1.29 is 0 Å². The second-order valence-corrected chi connectivity index (χ2v) is 4.30. The van der Waals surface area contributed by atoms with Crippen LogP contribution < -0.4 is 5.73 Å². The molecule has 0 amide bonds. The van der Waals surface area contributed by atoms with E-state index >= 15 is 0 Å². The molecule has 1 aromatic heterocycles. The van der Waals surface area contributed by atoms with Crippen LogP contribution in [0.15, 0.2) is 36.9 Å². The van der Waals surface area contributed by atoms with E-state index < -0.39 is 0 Å². The van der Waals surface area contributed by atoms with E-state index in [1.54, 1.807) is 12.5 Å². The van der Waals surface area contributed by atoms with Crippen LogP contribution in [0.1, 0.15) is 12.5 Å². The summed E-state index contributed by atoms with van der Waals surface area (Å²) in [5.74, 6) is 0. The number of hydrogen-bond acceptors (Lipinski definition) is 2. The van der Waals surface area contributed by atoms with Crippen molar-refractivity contribution in [3.8, 4) is 5.69 Å². The van der Waals surface area contributed by atoms with Crippen molar-refractivity contribution in [2.75, 3.05) is 0 Å². The molecule has 1 unspecified atom stereocenters. The first-order chi connectivity index (χ1) is 7.68.